The van der Waals surface area contributed by atoms with Gasteiger partial charge in [0.2, 0.25) is 0 Å². The van der Waals surface area contributed by atoms with Crippen molar-refractivity contribution in [2.75, 3.05) is 0 Å². The number of nitrogens with one attached hydrogen (secondary N) is 1. The van der Waals surface area contributed by atoms with E-state index in [9.17, 15) is 17.6 Å². The minimum absolute atomic E-state index is 0.0775. The Kier molecular flexibility index (Phi) is 3.57. The molecule has 2 rings (SSSR count). The summed E-state index contributed by atoms with van der Waals surface area (Å²) in [5, 5.41) is 2.81. The van der Waals surface area contributed by atoms with E-state index in [2.05, 4.69) is 5.32 Å². The van der Waals surface area contributed by atoms with Crippen molar-refractivity contribution in [1.29, 1.82) is 0 Å². The molecule has 1 saturated carbocycles. The Bertz CT molecular complexity index is 626. The van der Waals surface area contributed by atoms with Gasteiger partial charge in [-0.15, -0.1) is 0 Å². The Morgan fingerprint density at radius 3 is 2.53 bits per heavy atom. The molecule has 0 aliphatic heterocycles. The van der Waals surface area contributed by atoms with Crippen LogP contribution in [0, 0.1) is 5.82 Å². The molecule has 1 aromatic rings. The summed E-state index contributed by atoms with van der Waals surface area (Å²) < 4.78 is 35.7. The zero-order valence-electron chi connectivity index (χ0n) is 10.2. The van der Waals surface area contributed by atoms with Crippen molar-refractivity contribution in [2.24, 2.45) is 0 Å². The Morgan fingerprint density at radius 1 is 1.42 bits per heavy atom. The molecule has 0 radical (unpaired) electrons. The molecule has 1 N–H and O–H groups in total. The van der Waals surface area contributed by atoms with Crippen molar-refractivity contribution < 1.29 is 17.6 Å². The Morgan fingerprint density at radius 2 is 2.05 bits per heavy atom. The van der Waals surface area contributed by atoms with Gasteiger partial charge in [-0.25, -0.2) is 12.8 Å². The molecule has 7 heteroatoms. The van der Waals surface area contributed by atoms with Crippen molar-refractivity contribution in [2.45, 2.75) is 36.6 Å². The van der Waals surface area contributed by atoms with Gasteiger partial charge in [0.1, 0.15) is 10.7 Å². The summed E-state index contributed by atoms with van der Waals surface area (Å²) in [4.78, 5) is 11.3. The van der Waals surface area contributed by atoms with E-state index >= 15 is 0 Å². The quantitative estimate of drug-likeness (QED) is 0.872. The van der Waals surface area contributed by atoms with Gasteiger partial charge >= 0.3 is 0 Å². The second-order valence-corrected chi connectivity index (χ2v) is 7.49. The number of benzene rings is 1. The SMILES string of the molecule is CC1(NC(=O)c2ccc(F)c(S(=O)(=O)Cl)c2)CCC1. The van der Waals surface area contributed by atoms with E-state index in [1.807, 2.05) is 6.92 Å². The van der Waals surface area contributed by atoms with Crippen LogP contribution in [0.15, 0.2) is 23.1 Å². The molecule has 1 aliphatic rings. The lowest BCUT2D eigenvalue weighted by molar-refractivity contribution is 0.0850. The van der Waals surface area contributed by atoms with Crippen LogP contribution in [0.3, 0.4) is 0 Å². The summed E-state index contributed by atoms with van der Waals surface area (Å²) in [5.74, 6) is -1.40. The number of halogens is 2. The van der Waals surface area contributed by atoms with Gasteiger partial charge in [0.15, 0.2) is 0 Å². The second kappa shape index (κ2) is 4.76. The van der Waals surface area contributed by atoms with Crippen molar-refractivity contribution in [3.05, 3.63) is 29.6 Å². The molecule has 0 unspecified atom stereocenters. The molecule has 1 aromatic carbocycles. The van der Waals surface area contributed by atoms with Crippen LogP contribution in [0.25, 0.3) is 0 Å². The van der Waals surface area contributed by atoms with Gasteiger partial charge in [0.05, 0.1) is 0 Å². The Hall–Kier alpha value is -1.14. The average Bonchev–Trinajstić information content (AvgIpc) is 2.25. The molecular formula is C12H13ClFNO3S. The maximum atomic E-state index is 13.3. The lowest BCUT2D eigenvalue weighted by Crippen LogP contribution is -2.50. The summed E-state index contributed by atoms with van der Waals surface area (Å²) >= 11 is 0. The zero-order chi connectivity index (χ0) is 14.3. The van der Waals surface area contributed by atoms with Crippen LogP contribution in [0.4, 0.5) is 4.39 Å². The second-order valence-electron chi connectivity index (χ2n) is 4.95. The summed E-state index contributed by atoms with van der Waals surface area (Å²) in [6, 6.07) is 3.11. The minimum Gasteiger partial charge on any atom is -0.347 e. The highest BCUT2D eigenvalue weighted by atomic mass is 35.7. The Labute approximate surface area is 115 Å². The van der Waals surface area contributed by atoms with Crippen molar-refractivity contribution in [1.82, 2.24) is 5.32 Å². The van der Waals surface area contributed by atoms with E-state index in [1.165, 1.54) is 6.07 Å². The lowest BCUT2D eigenvalue weighted by Gasteiger charge is -2.39. The molecule has 1 aliphatic carbocycles. The van der Waals surface area contributed by atoms with Crippen LogP contribution in [-0.4, -0.2) is 19.9 Å². The maximum absolute atomic E-state index is 13.3. The number of carbonyl (C=O) groups is 1. The van der Waals surface area contributed by atoms with E-state index in [4.69, 9.17) is 10.7 Å². The fraction of sp³-hybridized carbons (Fsp3) is 0.417. The van der Waals surface area contributed by atoms with Gasteiger partial charge in [-0.3, -0.25) is 4.79 Å². The smallest absolute Gasteiger partial charge is 0.264 e. The molecule has 0 aromatic heterocycles. The first kappa shape index (κ1) is 14.3. The van der Waals surface area contributed by atoms with Gasteiger partial charge in [-0.2, -0.15) is 0 Å². The molecule has 0 saturated heterocycles. The highest BCUT2D eigenvalue weighted by Crippen LogP contribution is 2.31. The summed E-state index contributed by atoms with van der Waals surface area (Å²) in [6.07, 6.45) is 2.79. The van der Waals surface area contributed by atoms with Gasteiger partial charge in [0.25, 0.3) is 15.0 Å². The standard InChI is InChI=1S/C12H13ClFNO3S/c1-12(5-2-6-12)15-11(16)8-3-4-9(14)10(7-8)19(13,17)18/h3-4,7H,2,5-6H2,1H3,(H,15,16). The van der Waals surface area contributed by atoms with Crippen LogP contribution in [0.2, 0.25) is 0 Å². The molecule has 104 valence electrons. The third kappa shape index (κ3) is 3.06. The van der Waals surface area contributed by atoms with Crippen molar-refractivity contribution >= 4 is 25.6 Å². The molecule has 4 nitrogen and oxygen atoms in total. The van der Waals surface area contributed by atoms with Gasteiger partial charge < -0.3 is 5.32 Å². The first-order valence-corrected chi connectivity index (χ1v) is 8.09. The topological polar surface area (TPSA) is 63.2 Å². The predicted octanol–water partition coefficient (Wildman–Crippen LogP) is 2.43. The first-order chi connectivity index (χ1) is 8.71. The Balaban J connectivity index is 2.28. The number of rotatable bonds is 3. The third-order valence-electron chi connectivity index (χ3n) is 3.33. The number of hydrogen-bond donors (Lipinski definition) is 1. The highest BCUT2D eigenvalue weighted by Gasteiger charge is 2.33. The van der Waals surface area contributed by atoms with Crippen LogP contribution < -0.4 is 5.32 Å². The van der Waals surface area contributed by atoms with Crippen molar-refractivity contribution in [3.63, 3.8) is 0 Å². The zero-order valence-corrected chi connectivity index (χ0v) is 11.8. The molecule has 0 atom stereocenters. The summed E-state index contributed by atoms with van der Waals surface area (Å²) in [6.45, 7) is 1.91. The number of amides is 1. The molecular weight excluding hydrogens is 293 g/mol. The van der Waals surface area contributed by atoms with E-state index < -0.39 is 25.7 Å². The van der Waals surface area contributed by atoms with Crippen molar-refractivity contribution in [3.8, 4) is 0 Å². The van der Waals surface area contributed by atoms with Gasteiger partial charge in [0, 0.05) is 21.8 Å². The highest BCUT2D eigenvalue weighted by molar-refractivity contribution is 8.13. The summed E-state index contributed by atoms with van der Waals surface area (Å²) in [7, 11) is 0.905. The van der Waals surface area contributed by atoms with E-state index in [-0.39, 0.29) is 11.1 Å². The van der Waals surface area contributed by atoms with Gasteiger partial charge in [-0.05, 0) is 44.4 Å². The molecule has 0 bridgehead atoms. The largest absolute Gasteiger partial charge is 0.347 e. The van der Waals surface area contributed by atoms with Gasteiger partial charge in [-0.1, -0.05) is 0 Å². The van der Waals surface area contributed by atoms with E-state index in [0.717, 1.165) is 31.4 Å². The first-order valence-electron chi connectivity index (χ1n) is 5.78. The van der Waals surface area contributed by atoms with E-state index in [1.54, 1.807) is 0 Å². The number of hydrogen-bond acceptors (Lipinski definition) is 3. The summed E-state index contributed by atoms with van der Waals surface area (Å²) in [5.41, 5.74) is -0.181. The van der Waals surface area contributed by atoms with Crippen LogP contribution in [0.1, 0.15) is 36.5 Å². The minimum atomic E-state index is -4.21. The lowest BCUT2D eigenvalue weighted by atomic mass is 9.78. The maximum Gasteiger partial charge on any atom is 0.264 e. The third-order valence-corrected chi connectivity index (χ3v) is 4.67. The molecule has 0 spiro atoms. The van der Waals surface area contributed by atoms with Crippen LogP contribution in [0.5, 0.6) is 0 Å². The fourth-order valence-corrected chi connectivity index (χ4v) is 2.93. The van der Waals surface area contributed by atoms with E-state index in [0.29, 0.717) is 0 Å². The molecule has 1 amide bonds. The molecule has 1 fully saturated rings. The average molecular weight is 306 g/mol. The normalized spacial score (nSPS) is 17.6. The van der Waals surface area contributed by atoms with Crippen LogP contribution >= 0.6 is 10.7 Å². The number of carbonyl (C=O) groups excluding carboxylic acids is 1. The monoisotopic (exact) mass is 305 g/mol. The molecule has 0 heterocycles. The molecule has 19 heavy (non-hydrogen) atoms. The predicted molar refractivity (Wildman–Crippen MR) is 69.2 cm³/mol. The fourth-order valence-electron chi connectivity index (χ4n) is 2.01. The van der Waals surface area contributed by atoms with Crippen LogP contribution in [-0.2, 0) is 9.05 Å².